The predicted octanol–water partition coefficient (Wildman–Crippen LogP) is 3.58. The van der Waals surface area contributed by atoms with Gasteiger partial charge in [0.15, 0.2) is 0 Å². The third-order valence-electron chi connectivity index (χ3n) is 3.97. The van der Waals surface area contributed by atoms with E-state index in [0.29, 0.717) is 11.3 Å². The Morgan fingerprint density at radius 1 is 0.846 bits per heavy atom. The van der Waals surface area contributed by atoms with Gasteiger partial charge in [0.25, 0.3) is 5.91 Å². The number of carbonyl (C=O) groups is 1. The lowest BCUT2D eigenvalue weighted by Crippen LogP contribution is -2.12. The Kier molecular flexibility index (Phi) is 4.22. The van der Waals surface area contributed by atoms with E-state index in [1.807, 2.05) is 78.9 Å². The van der Waals surface area contributed by atoms with Gasteiger partial charge in [0.1, 0.15) is 6.33 Å². The number of tetrazole rings is 1. The highest BCUT2D eigenvalue weighted by atomic mass is 16.1. The summed E-state index contributed by atoms with van der Waals surface area (Å²) in [6, 6.07) is 24.9. The number of hydrogen-bond acceptors (Lipinski definition) is 4. The Hall–Kier alpha value is -3.80. The molecule has 0 saturated heterocycles. The number of carbonyl (C=O) groups excluding carboxylic acids is 1. The summed E-state index contributed by atoms with van der Waals surface area (Å²) in [6.07, 6.45) is 1.50. The van der Waals surface area contributed by atoms with Crippen LogP contribution in [0.1, 0.15) is 10.4 Å². The molecule has 126 valence electrons. The number of rotatable bonds is 4. The second-order valence-electron chi connectivity index (χ2n) is 5.70. The highest BCUT2D eigenvalue weighted by molar-refractivity contribution is 6.04. The van der Waals surface area contributed by atoms with E-state index in [9.17, 15) is 4.79 Å². The van der Waals surface area contributed by atoms with Gasteiger partial charge in [-0.25, -0.2) is 4.68 Å². The Morgan fingerprint density at radius 2 is 1.62 bits per heavy atom. The largest absolute Gasteiger partial charge is 0.322 e. The standard InChI is InChI=1S/C20H15N5O/c26-20(17-11-9-16(10-12-17)15-5-2-1-3-6-15)22-18-7-4-8-19(13-18)25-14-21-23-24-25/h1-14H,(H,22,26). The van der Waals surface area contributed by atoms with Crippen LogP contribution in [0.5, 0.6) is 0 Å². The SMILES string of the molecule is O=C(Nc1cccc(-n2cnnn2)c1)c1ccc(-c2ccccc2)cc1. The van der Waals surface area contributed by atoms with Crippen molar-refractivity contribution in [2.45, 2.75) is 0 Å². The fraction of sp³-hybridized carbons (Fsp3) is 0. The Morgan fingerprint density at radius 3 is 2.35 bits per heavy atom. The van der Waals surface area contributed by atoms with Crippen molar-refractivity contribution < 1.29 is 4.79 Å². The summed E-state index contributed by atoms with van der Waals surface area (Å²) in [5, 5.41) is 14.0. The Labute approximate surface area is 150 Å². The minimum absolute atomic E-state index is 0.168. The van der Waals surface area contributed by atoms with Crippen LogP contribution < -0.4 is 5.32 Å². The molecule has 6 nitrogen and oxygen atoms in total. The second kappa shape index (κ2) is 6.98. The van der Waals surface area contributed by atoms with E-state index in [1.54, 1.807) is 0 Å². The number of benzene rings is 3. The molecule has 0 unspecified atom stereocenters. The van der Waals surface area contributed by atoms with Crippen LogP contribution in [0.2, 0.25) is 0 Å². The molecule has 0 bridgehead atoms. The van der Waals surface area contributed by atoms with Crippen molar-refractivity contribution in [1.82, 2.24) is 20.2 Å². The summed E-state index contributed by atoms with van der Waals surface area (Å²) < 4.78 is 1.53. The van der Waals surface area contributed by atoms with Crippen LogP contribution in [0.4, 0.5) is 5.69 Å². The third-order valence-corrected chi connectivity index (χ3v) is 3.97. The van der Waals surface area contributed by atoms with E-state index >= 15 is 0 Å². The summed E-state index contributed by atoms with van der Waals surface area (Å²) in [6.45, 7) is 0. The first-order chi connectivity index (χ1) is 12.8. The van der Waals surface area contributed by atoms with Crippen molar-refractivity contribution in [3.63, 3.8) is 0 Å². The molecule has 0 aliphatic rings. The topological polar surface area (TPSA) is 72.7 Å². The third kappa shape index (κ3) is 3.34. The highest BCUT2D eigenvalue weighted by Gasteiger charge is 2.08. The molecule has 4 rings (SSSR count). The summed E-state index contributed by atoms with van der Waals surface area (Å²) in [7, 11) is 0. The van der Waals surface area contributed by atoms with E-state index in [4.69, 9.17) is 0 Å². The molecule has 6 heteroatoms. The Balaban J connectivity index is 1.51. The van der Waals surface area contributed by atoms with E-state index in [1.165, 1.54) is 11.0 Å². The molecule has 26 heavy (non-hydrogen) atoms. The number of anilines is 1. The van der Waals surface area contributed by atoms with Gasteiger partial charge in [0.05, 0.1) is 5.69 Å². The van der Waals surface area contributed by atoms with Crippen molar-refractivity contribution in [3.8, 4) is 16.8 Å². The van der Waals surface area contributed by atoms with Crippen LogP contribution in [0.25, 0.3) is 16.8 Å². The van der Waals surface area contributed by atoms with Crippen LogP contribution in [-0.4, -0.2) is 26.1 Å². The average molecular weight is 341 g/mol. The fourth-order valence-corrected chi connectivity index (χ4v) is 2.65. The maximum Gasteiger partial charge on any atom is 0.255 e. The van der Waals surface area contributed by atoms with Crippen LogP contribution in [0, 0.1) is 0 Å². The van der Waals surface area contributed by atoms with Crippen molar-refractivity contribution in [3.05, 3.63) is 90.8 Å². The molecule has 0 atom stereocenters. The normalized spacial score (nSPS) is 10.5. The molecule has 0 fully saturated rings. The van der Waals surface area contributed by atoms with Crippen LogP contribution >= 0.6 is 0 Å². The van der Waals surface area contributed by atoms with E-state index in [0.717, 1.165) is 16.8 Å². The zero-order chi connectivity index (χ0) is 17.8. The number of nitrogens with zero attached hydrogens (tertiary/aromatic N) is 4. The smallest absolute Gasteiger partial charge is 0.255 e. The molecule has 1 amide bonds. The molecule has 1 heterocycles. The lowest BCUT2D eigenvalue weighted by molar-refractivity contribution is 0.102. The molecule has 0 radical (unpaired) electrons. The monoisotopic (exact) mass is 341 g/mol. The molecule has 0 saturated carbocycles. The summed E-state index contributed by atoms with van der Waals surface area (Å²) >= 11 is 0. The molecular formula is C20H15N5O. The van der Waals surface area contributed by atoms with E-state index in [2.05, 4.69) is 20.8 Å². The van der Waals surface area contributed by atoms with Crippen LogP contribution in [0.15, 0.2) is 85.2 Å². The van der Waals surface area contributed by atoms with Gasteiger partial charge in [-0.2, -0.15) is 0 Å². The molecule has 1 aromatic heterocycles. The van der Waals surface area contributed by atoms with Crippen LogP contribution in [-0.2, 0) is 0 Å². The molecule has 1 N–H and O–H groups in total. The number of nitrogens with one attached hydrogen (secondary N) is 1. The van der Waals surface area contributed by atoms with E-state index < -0.39 is 0 Å². The molecular weight excluding hydrogens is 326 g/mol. The minimum atomic E-state index is -0.168. The summed E-state index contributed by atoms with van der Waals surface area (Å²) in [4.78, 5) is 12.5. The molecule has 0 spiro atoms. The summed E-state index contributed by atoms with van der Waals surface area (Å²) in [5.74, 6) is -0.168. The Bertz CT molecular complexity index is 1010. The zero-order valence-electron chi connectivity index (χ0n) is 13.8. The number of aromatic nitrogens is 4. The first kappa shape index (κ1) is 15.7. The van der Waals surface area contributed by atoms with Crippen molar-refractivity contribution in [2.75, 3.05) is 5.32 Å². The van der Waals surface area contributed by atoms with Gasteiger partial charge in [-0.1, -0.05) is 48.5 Å². The van der Waals surface area contributed by atoms with Crippen molar-refractivity contribution in [2.24, 2.45) is 0 Å². The van der Waals surface area contributed by atoms with Gasteiger partial charge in [-0.15, -0.1) is 5.10 Å². The first-order valence-electron chi connectivity index (χ1n) is 8.10. The summed E-state index contributed by atoms with van der Waals surface area (Å²) in [5.41, 5.74) is 4.23. The predicted molar refractivity (Wildman–Crippen MR) is 99.0 cm³/mol. The molecule has 4 aromatic rings. The molecule has 3 aromatic carbocycles. The number of amides is 1. The van der Waals surface area contributed by atoms with Gasteiger partial charge >= 0.3 is 0 Å². The quantitative estimate of drug-likeness (QED) is 0.616. The molecule has 0 aliphatic heterocycles. The second-order valence-corrected chi connectivity index (χ2v) is 5.70. The van der Waals surface area contributed by atoms with Crippen molar-refractivity contribution >= 4 is 11.6 Å². The minimum Gasteiger partial charge on any atom is -0.322 e. The van der Waals surface area contributed by atoms with Gasteiger partial charge in [-0.05, 0) is 51.9 Å². The van der Waals surface area contributed by atoms with Crippen molar-refractivity contribution in [1.29, 1.82) is 0 Å². The van der Waals surface area contributed by atoms with Gasteiger partial charge in [-0.3, -0.25) is 4.79 Å². The maximum absolute atomic E-state index is 12.5. The fourth-order valence-electron chi connectivity index (χ4n) is 2.65. The molecule has 0 aliphatic carbocycles. The lowest BCUT2D eigenvalue weighted by Gasteiger charge is -2.08. The van der Waals surface area contributed by atoms with Gasteiger partial charge in [0, 0.05) is 11.3 Å². The van der Waals surface area contributed by atoms with Gasteiger partial charge in [0.2, 0.25) is 0 Å². The number of hydrogen-bond donors (Lipinski definition) is 1. The van der Waals surface area contributed by atoms with Gasteiger partial charge < -0.3 is 5.32 Å². The zero-order valence-corrected chi connectivity index (χ0v) is 13.8. The van der Waals surface area contributed by atoms with Crippen LogP contribution in [0.3, 0.4) is 0 Å². The highest BCUT2D eigenvalue weighted by Crippen LogP contribution is 2.20. The maximum atomic E-state index is 12.5. The lowest BCUT2D eigenvalue weighted by atomic mass is 10.0. The van der Waals surface area contributed by atoms with E-state index in [-0.39, 0.29) is 5.91 Å². The first-order valence-corrected chi connectivity index (χ1v) is 8.10. The average Bonchev–Trinajstić information content (AvgIpc) is 3.24.